The van der Waals surface area contributed by atoms with Gasteiger partial charge in [-0.25, -0.2) is 9.78 Å². The van der Waals surface area contributed by atoms with Gasteiger partial charge < -0.3 is 14.9 Å². The number of esters is 1. The normalized spacial score (nSPS) is 37.8. The third kappa shape index (κ3) is 9.91. The number of carboxylic acid groups (broad SMARTS) is 2. The standard InChI is InChI=1S/C43H70O8/c1-43(2,33-16-20-35(21-17-33)50-42(48)37-24-15-31(26-39(37)41(46)47)29-11-7-4-8-12-29)34-18-22-36(23-19-34)51-49-27-32-14-13-30(25-38(32)40(44)45)28-9-5-3-6-10-28/h28-39H,3-27H2,1-2H3,(H,44,45)(H,46,47). The maximum absolute atomic E-state index is 13.4. The highest BCUT2D eigenvalue weighted by molar-refractivity contribution is 5.81. The van der Waals surface area contributed by atoms with Crippen LogP contribution in [-0.2, 0) is 28.9 Å². The molecular weight excluding hydrogens is 644 g/mol. The van der Waals surface area contributed by atoms with Gasteiger partial charge in [0.2, 0.25) is 0 Å². The number of aliphatic carboxylic acids is 2. The van der Waals surface area contributed by atoms with Crippen LogP contribution >= 0.6 is 0 Å². The van der Waals surface area contributed by atoms with Crippen molar-refractivity contribution in [1.82, 2.24) is 0 Å². The zero-order valence-corrected chi connectivity index (χ0v) is 31.9. The van der Waals surface area contributed by atoms with E-state index >= 15 is 0 Å². The lowest BCUT2D eigenvalue weighted by molar-refractivity contribution is -0.338. The second-order valence-electron chi connectivity index (χ2n) is 18.8. The van der Waals surface area contributed by atoms with Gasteiger partial charge in [0.1, 0.15) is 6.10 Å². The van der Waals surface area contributed by atoms with Crippen molar-refractivity contribution in [3.05, 3.63) is 0 Å². The fraction of sp³-hybridized carbons (Fsp3) is 0.930. The molecule has 0 saturated heterocycles. The molecule has 0 amide bonds. The first-order valence-corrected chi connectivity index (χ1v) is 21.5. The van der Waals surface area contributed by atoms with E-state index < -0.39 is 23.8 Å². The van der Waals surface area contributed by atoms with Crippen molar-refractivity contribution in [3.63, 3.8) is 0 Å². The highest BCUT2D eigenvalue weighted by Crippen LogP contribution is 2.50. The molecular formula is C43H70O8. The van der Waals surface area contributed by atoms with Crippen LogP contribution < -0.4 is 0 Å². The summed E-state index contributed by atoms with van der Waals surface area (Å²) in [6, 6.07) is 0. The summed E-state index contributed by atoms with van der Waals surface area (Å²) in [7, 11) is 0. The van der Waals surface area contributed by atoms with Crippen LogP contribution in [0.4, 0.5) is 0 Å². The molecule has 0 aliphatic heterocycles. The van der Waals surface area contributed by atoms with Crippen molar-refractivity contribution in [2.45, 2.75) is 180 Å². The molecule has 6 aliphatic carbocycles. The summed E-state index contributed by atoms with van der Waals surface area (Å²) in [6.45, 7) is 5.22. The maximum Gasteiger partial charge on any atom is 0.310 e. The van der Waals surface area contributed by atoms with Crippen LogP contribution in [0.5, 0.6) is 0 Å². The average molecular weight is 715 g/mol. The number of carboxylic acids is 2. The van der Waals surface area contributed by atoms with Gasteiger partial charge >= 0.3 is 17.9 Å². The van der Waals surface area contributed by atoms with Gasteiger partial charge in [0.15, 0.2) is 0 Å². The number of carbonyl (C=O) groups is 3. The van der Waals surface area contributed by atoms with E-state index in [-0.39, 0.29) is 35.4 Å². The van der Waals surface area contributed by atoms with Crippen LogP contribution in [0.2, 0.25) is 0 Å². The Balaban J connectivity index is 0.891. The largest absolute Gasteiger partial charge is 0.481 e. The lowest BCUT2D eigenvalue weighted by Gasteiger charge is -2.46. The Morgan fingerprint density at radius 3 is 1.55 bits per heavy atom. The van der Waals surface area contributed by atoms with Crippen molar-refractivity contribution < 1.29 is 39.1 Å². The van der Waals surface area contributed by atoms with Crippen LogP contribution in [0.1, 0.15) is 168 Å². The third-order valence-corrected chi connectivity index (χ3v) is 15.7. The minimum Gasteiger partial charge on any atom is -0.481 e. The topological polar surface area (TPSA) is 119 Å². The summed E-state index contributed by atoms with van der Waals surface area (Å²) >= 11 is 0. The Morgan fingerprint density at radius 2 is 1.02 bits per heavy atom. The van der Waals surface area contributed by atoms with Crippen molar-refractivity contribution >= 4 is 17.9 Å². The average Bonchev–Trinajstić information content (AvgIpc) is 3.15. The third-order valence-electron chi connectivity index (χ3n) is 15.7. The fourth-order valence-electron chi connectivity index (χ4n) is 12.2. The molecule has 6 fully saturated rings. The van der Waals surface area contributed by atoms with Crippen LogP contribution in [0.25, 0.3) is 0 Å². The molecule has 0 radical (unpaired) electrons. The van der Waals surface area contributed by atoms with Gasteiger partial charge in [-0.1, -0.05) is 78.1 Å². The molecule has 51 heavy (non-hydrogen) atoms. The van der Waals surface area contributed by atoms with Crippen molar-refractivity contribution in [2.24, 2.45) is 64.6 Å². The number of hydrogen-bond acceptors (Lipinski definition) is 6. The summed E-state index contributed by atoms with van der Waals surface area (Å²) in [6.07, 6.45) is 25.7. The van der Waals surface area contributed by atoms with E-state index in [0.29, 0.717) is 55.0 Å². The minimum absolute atomic E-state index is 0.0341. The van der Waals surface area contributed by atoms with Gasteiger partial charge in [-0.2, -0.15) is 0 Å². The Morgan fingerprint density at radius 1 is 0.529 bits per heavy atom. The Hall–Kier alpha value is -1.67. The van der Waals surface area contributed by atoms with Crippen LogP contribution in [0.15, 0.2) is 0 Å². The first-order valence-electron chi connectivity index (χ1n) is 21.5. The molecule has 290 valence electrons. The molecule has 8 nitrogen and oxygen atoms in total. The van der Waals surface area contributed by atoms with Crippen LogP contribution in [0.3, 0.4) is 0 Å². The molecule has 0 aromatic heterocycles. The van der Waals surface area contributed by atoms with E-state index in [1.807, 2.05) is 0 Å². The summed E-state index contributed by atoms with van der Waals surface area (Å²) in [4.78, 5) is 49.6. The molecule has 6 saturated carbocycles. The molecule has 6 aliphatic rings. The molecule has 6 atom stereocenters. The van der Waals surface area contributed by atoms with Gasteiger partial charge in [0, 0.05) is 0 Å². The minimum atomic E-state index is -0.826. The van der Waals surface area contributed by atoms with Crippen LogP contribution in [0, 0.1) is 64.6 Å². The van der Waals surface area contributed by atoms with E-state index in [9.17, 15) is 24.6 Å². The number of carbonyl (C=O) groups excluding carboxylic acids is 1. The van der Waals surface area contributed by atoms with E-state index in [4.69, 9.17) is 14.5 Å². The van der Waals surface area contributed by atoms with Gasteiger partial charge in [-0.3, -0.25) is 14.4 Å². The van der Waals surface area contributed by atoms with E-state index in [1.54, 1.807) is 0 Å². The van der Waals surface area contributed by atoms with Crippen molar-refractivity contribution in [2.75, 3.05) is 6.61 Å². The first-order chi connectivity index (χ1) is 24.6. The molecule has 6 unspecified atom stereocenters. The van der Waals surface area contributed by atoms with Gasteiger partial charge in [-0.05, 0) is 137 Å². The summed E-state index contributed by atoms with van der Waals surface area (Å²) in [5.41, 5.74) is 0.179. The van der Waals surface area contributed by atoms with E-state index in [2.05, 4.69) is 13.8 Å². The Bertz CT molecular complexity index is 1120. The van der Waals surface area contributed by atoms with Crippen LogP contribution in [-0.4, -0.2) is 46.9 Å². The summed E-state index contributed by atoms with van der Waals surface area (Å²) < 4.78 is 6.08. The predicted molar refractivity (Wildman–Crippen MR) is 195 cm³/mol. The molecule has 0 bridgehead atoms. The molecule has 0 aromatic rings. The van der Waals surface area contributed by atoms with Gasteiger partial charge in [0.05, 0.1) is 30.5 Å². The molecule has 0 aromatic carbocycles. The molecule has 2 N–H and O–H groups in total. The van der Waals surface area contributed by atoms with Crippen molar-refractivity contribution in [3.8, 4) is 0 Å². The van der Waals surface area contributed by atoms with E-state index in [0.717, 1.165) is 77.0 Å². The smallest absolute Gasteiger partial charge is 0.310 e. The Kier molecular flexibility index (Phi) is 13.9. The molecule has 0 spiro atoms. The molecule has 0 heterocycles. The molecule has 8 heteroatoms. The zero-order chi connectivity index (χ0) is 36.0. The van der Waals surface area contributed by atoms with Gasteiger partial charge in [-0.15, -0.1) is 0 Å². The lowest BCUT2D eigenvalue weighted by Crippen LogP contribution is -2.41. The van der Waals surface area contributed by atoms with Crippen molar-refractivity contribution in [1.29, 1.82) is 0 Å². The number of rotatable bonds is 12. The SMILES string of the molecule is CC(C)(C1CCC(OOCC2CCC(C3CCCCC3)CC2C(=O)O)CC1)C1CCC(OC(=O)C2CCC(C3CCCCC3)CC2C(=O)O)CC1. The highest BCUT2D eigenvalue weighted by Gasteiger charge is 2.45. The maximum atomic E-state index is 13.4. The first kappa shape index (κ1) is 39.0. The zero-order valence-electron chi connectivity index (χ0n) is 31.9. The summed E-state index contributed by atoms with van der Waals surface area (Å²) in [5, 5.41) is 20.1. The lowest BCUT2D eigenvalue weighted by atomic mass is 9.60. The van der Waals surface area contributed by atoms with Gasteiger partial charge in [0.25, 0.3) is 0 Å². The fourth-order valence-corrected chi connectivity index (χ4v) is 12.2. The highest BCUT2D eigenvalue weighted by atomic mass is 17.2. The van der Waals surface area contributed by atoms with E-state index in [1.165, 1.54) is 64.2 Å². The number of hydrogen-bond donors (Lipinski definition) is 2. The Labute approximate surface area is 307 Å². The predicted octanol–water partition coefficient (Wildman–Crippen LogP) is 10.0. The number of ether oxygens (including phenoxy) is 1. The molecule has 6 rings (SSSR count). The second-order valence-corrected chi connectivity index (χ2v) is 18.8. The monoisotopic (exact) mass is 715 g/mol. The quantitative estimate of drug-likeness (QED) is 0.116. The summed E-state index contributed by atoms with van der Waals surface area (Å²) in [5.74, 6) is 0.352. The second kappa shape index (κ2) is 18.1.